The van der Waals surface area contributed by atoms with Crippen molar-refractivity contribution in [2.75, 3.05) is 5.33 Å². The van der Waals surface area contributed by atoms with Crippen molar-refractivity contribution in [1.82, 2.24) is 0 Å². The van der Waals surface area contributed by atoms with E-state index in [-0.39, 0.29) is 18.8 Å². The van der Waals surface area contributed by atoms with Crippen LogP contribution in [0.25, 0.3) is 0 Å². The van der Waals surface area contributed by atoms with Crippen LogP contribution in [0.4, 0.5) is 0 Å². The van der Waals surface area contributed by atoms with E-state index in [1.54, 1.807) is 24.3 Å². The fourth-order valence-electron chi connectivity index (χ4n) is 1.16. The molecule has 0 aromatic heterocycles. The number of para-hydroxylation sites is 1. The third-order valence-electron chi connectivity index (χ3n) is 1.84. The van der Waals surface area contributed by atoms with Crippen molar-refractivity contribution in [2.24, 2.45) is 0 Å². The Balaban J connectivity index is 2.78. The minimum absolute atomic E-state index is 0.155. The van der Waals surface area contributed by atoms with Crippen LogP contribution in [0, 0.1) is 0 Å². The number of ether oxygens (including phenoxy) is 1. The summed E-state index contributed by atoms with van der Waals surface area (Å²) in [7, 11) is 0. The molecule has 0 spiro atoms. The van der Waals surface area contributed by atoms with Crippen LogP contribution in [0.3, 0.4) is 0 Å². The van der Waals surface area contributed by atoms with Gasteiger partial charge in [0.05, 0.1) is 12.8 Å². The zero-order valence-electron chi connectivity index (χ0n) is 8.48. The van der Waals surface area contributed by atoms with Gasteiger partial charge < -0.3 is 9.84 Å². The van der Waals surface area contributed by atoms with Crippen LogP contribution in [-0.4, -0.2) is 22.4 Å². The molecule has 0 bridgehead atoms. The zero-order valence-corrected chi connectivity index (χ0v) is 10.1. The van der Waals surface area contributed by atoms with Crippen LogP contribution < -0.4 is 4.74 Å². The number of rotatable bonds is 5. The van der Waals surface area contributed by atoms with Gasteiger partial charge in [-0.1, -0.05) is 34.1 Å². The van der Waals surface area contributed by atoms with Crippen LogP contribution in [0.15, 0.2) is 24.3 Å². The molecule has 16 heavy (non-hydrogen) atoms. The summed E-state index contributed by atoms with van der Waals surface area (Å²) in [6.45, 7) is 0. The summed E-state index contributed by atoms with van der Waals surface area (Å²) in [6.07, 6.45) is 0.0964. The molecule has 0 aliphatic rings. The van der Waals surface area contributed by atoms with E-state index in [1.165, 1.54) is 0 Å². The standard InChI is InChI=1S/C11H11BrO4/c12-6-5-11(15)16-9-4-2-1-3-8(9)7-10(13)14/h1-4H,5-7H2,(H,13,14). The maximum atomic E-state index is 11.3. The molecular formula is C11H11BrO4. The van der Waals surface area contributed by atoms with E-state index < -0.39 is 5.97 Å². The third-order valence-corrected chi connectivity index (χ3v) is 2.23. The topological polar surface area (TPSA) is 63.6 Å². The van der Waals surface area contributed by atoms with E-state index in [4.69, 9.17) is 9.84 Å². The Morgan fingerprint density at radius 1 is 1.31 bits per heavy atom. The zero-order chi connectivity index (χ0) is 12.0. The third kappa shape index (κ3) is 4.02. The minimum Gasteiger partial charge on any atom is -0.481 e. The van der Waals surface area contributed by atoms with Crippen molar-refractivity contribution < 1.29 is 19.4 Å². The van der Waals surface area contributed by atoms with Crippen LogP contribution in [0.5, 0.6) is 5.75 Å². The highest BCUT2D eigenvalue weighted by Gasteiger charge is 2.10. The maximum Gasteiger partial charge on any atom is 0.312 e. The first kappa shape index (κ1) is 12.7. The Morgan fingerprint density at radius 2 is 2.00 bits per heavy atom. The van der Waals surface area contributed by atoms with Crippen molar-refractivity contribution in [3.8, 4) is 5.75 Å². The highest BCUT2D eigenvalue weighted by atomic mass is 79.9. The number of hydrogen-bond acceptors (Lipinski definition) is 3. The Kier molecular flexibility index (Phi) is 4.98. The second-order valence-corrected chi connectivity index (χ2v) is 3.88. The maximum absolute atomic E-state index is 11.3. The number of hydrogen-bond donors (Lipinski definition) is 1. The van der Waals surface area contributed by atoms with Gasteiger partial charge in [-0.3, -0.25) is 9.59 Å². The Bertz CT molecular complexity index is 389. The molecule has 0 saturated carbocycles. The van der Waals surface area contributed by atoms with Gasteiger partial charge in [-0.05, 0) is 6.07 Å². The first-order valence-electron chi connectivity index (χ1n) is 4.70. The van der Waals surface area contributed by atoms with E-state index in [9.17, 15) is 9.59 Å². The van der Waals surface area contributed by atoms with Gasteiger partial charge in [0.15, 0.2) is 0 Å². The second kappa shape index (κ2) is 6.27. The summed E-state index contributed by atoms with van der Waals surface area (Å²) in [4.78, 5) is 21.8. The lowest BCUT2D eigenvalue weighted by Crippen LogP contribution is -2.11. The number of halogens is 1. The summed E-state index contributed by atoms with van der Waals surface area (Å²) < 4.78 is 5.05. The Labute approximate surface area is 101 Å². The predicted octanol–water partition coefficient (Wildman–Crippen LogP) is 2.00. The van der Waals surface area contributed by atoms with Gasteiger partial charge in [0.2, 0.25) is 0 Å². The lowest BCUT2D eigenvalue weighted by molar-refractivity contribution is -0.137. The van der Waals surface area contributed by atoms with Crippen molar-refractivity contribution in [1.29, 1.82) is 0 Å². The predicted molar refractivity (Wildman–Crippen MR) is 61.8 cm³/mol. The van der Waals surface area contributed by atoms with E-state index >= 15 is 0 Å². The van der Waals surface area contributed by atoms with Crippen LogP contribution in [0.1, 0.15) is 12.0 Å². The largest absolute Gasteiger partial charge is 0.481 e. The summed E-state index contributed by atoms with van der Waals surface area (Å²) in [6, 6.07) is 6.62. The normalized spacial score (nSPS) is 9.81. The van der Waals surface area contributed by atoms with Crippen molar-refractivity contribution >= 4 is 27.9 Å². The number of carboxylic acids is 1. The molecule has 0 radical (unpaired) electrons. The highest BCUT2D eigenvalue weighted by Crippen LogP contribution is 2.19. The number of carboxylic acid groups (broad SMARTS) is 1. The van der Waals surface area contributed by atoms with Crippen molar-refractivity contribution in [3.63, 3.8) is 0 Å². The second-order valence-electron chi connectivity index (χ2n) is 3.09. The molecule has 0 aliphatic carbocycles. The fourth-order valence-corrected chi connectivity index (χ4v) is 1.49. The molecule has 1 aromatic rings. The van der Waals surface area contributed by atoms with E-state index in [0.717, 1.165) is 0 Å². The highest BCUT2D eigenvalue weighted by molar-refractivity contribution is 9.09. The molecule has 1 aromatic carbocycles. The molecule has 86 valence electrons. The average Bonchev–Trinajstić information content (AvgIpc) is 2.20. The molecule has 0 atom stereocenters. The number of aliphatic carboxylic acids is 1. The first-order chi connectivity index (χ1) is 7.63. The SMILES string of the molecule is O=C(O)Cc1ccccc1OC(=O)CCBr. The van der Waals surface area contributed by atoms with Crippen LogP contribution >= 0.6 is 15.9 Å². The number of carbonyl (C=O) groups is 2. The number of alkyl halides is 1. The monoisotopic (exact) mass is 286 g/mol. The molecule has 1 rings (SSSR count). The van der Waals surface area contributed by atoms with Gasteiger partial charge in [-0.25, -0.2) is 0 Å². The Morgan fingerprint density at radius 3 is 2.62 bits per heavy atom. The molecule has 0 unspecified atom stereocenters. The summed E-state index contributed by atoms with van der Waals surface area (Å²) >= 11 is 3.13. The van der Waals surface area contributed by atoms with Crippen molar-refractivity contribution in [3.05, 3.63) is 29.8 Å². The molecule has 0 fully saturated rings. The van der Waals surface area contributed by atoms with Crippen molar-refractivity contribution in [2.45, 2.75) is 12.8 Å². The number of benzene rings is 1. The molecule has 0 heterocycles. The molecule has 0 aliphatic heterocycles. The smallest absolute Gasteiger partial charge is 0.312 e. The quantitative estimate of drug-likeness (QED) is 0.511. The molecule has 0 amide bonds. The lowest BCUT2D eigenvalue weighted by atomic mass is 10.1. The van der Waals surface area contributed by atoms with Gasteiger partial charge in [0.1, 0.15) is 5.75 Å². The van der Waals surface area contributed by atoms with Crippen LogP contribution in [-0.2, 0) is 16.0 Å². The molecule has 5 heteroatoms. The van der Waals surface area contributed by atoms with Gasteiger partial charge in [0.25, 0.3) is 0 Å². The van der Waals surface area contributed by atoms with Gasteiger partial charge in [0, 0.05) is 10.9 Å². The van der Waals surface area contributed by atoms with E-state index in [1.807, 2.05) is 0 Å². The van der Waals surface area contributed by atoms with E-state index in [0.29, 0.717) is 16.6 Å². The van der Waals surface area contributed by atoms with Crippen LogP contribution in [0.2, 0.25) is 0 Å². The first-order valence-corrected chi connectivity index (χ1v) is 5.82. The lowest BCUT2D eigenvalue weighted by Gasteiger charge is -2.07. The summed E-state index contributed by atoms with van der Waals surface area (Å²) in [5, 5.41) is 9.20. The summed E-state index contributed by atoms with van der Waals surface area (Å²) in [5.41, 5.74) is 0.498. The molecular weight excluding hydrogens is 276 g/mol. The van der Waals surface area contributed by atoms with Gasteiger partial charge >= 0.3 is 11.9 Å². The molecule has 0 saturated heterocycles. The molecule has 4 nitrogen and oxygen atoms in total. The molecule has 1 N–H and O–H groups in total. The summed E-state index contributed by atoms with van der Waals surface area (Å²) in [5.74, 6) is -1.02. The van der Waals surface area contributed by atoms with Gasteiger partial charge in [-0.15, -0.1) is 0 Å². The fraction of sp³-hybridized carbons (Fsp3) is 0.273. The average molecular weight is 287 g/mol. The van der Waals surface area contributed by atoms with Gasteiger partial charge in [-0.2, -0.15) is 0 Å². The number of esters is 1. The Hall–Kier alpha value is -1.36. The van der Waals surface area contributed by atoms with E-state index in [2.05, 4.69) is 15.9 Å². The number of carbonyl (C=O) groups excluding carboxylic acids is 1. The minimum atomic E-state index is -0.955.